The molecular formula is C19H27F3IN5O2. The lowest BCUT2D eigenvalue weighted by molar-refractivity contribution is -0.138. The smallest absolute Gasteiger partial charge is 0.419 e. The Balaban J connectivity index is 0.00000450. The van der Waals surface area contributed by atoms with Gasteiger partial charge in [0.05, 0.1) is 24.8 Å². The van der Waals surface area contributed by atoms with Crippen molar-refractivity contribution in [1.29, 1.82) is 0 Å². The standard InChI is InChI=1S/C19H26F3N5O2.HI/c1-4-23-17(25-13-18(2,28)14-11-26-27(3)12-14)24-9-10-29-16-8-6-5-7-15(16)19(20,21)22;/h5-8,11-12,28H,4,9-10,13H2,1-3H3,(H2,23,24,25);1H. The number of aliphatic hydroxyl groups is 1. The second-order valence-electron chi connectivity index (χ2n) is 6.64. The summed E-state index contributed by atoms with van der Waals surface area (Å²) in [4.78, 5) is 4.34. The van der Waals surface area contributed by atoms with Crippen LogP contribution in [0.5, 0.6) is 5.75 Å². The van der Waals surface area contributed by atoms with Gasteiger partial charge in [0, 0.05) is 25.4 Å². The number of rotatable bonds is 8. The molecule has 11 heteroatoms. The molecule has 1 aromatic heterocycles. The first-order valence-electron chi connectivity index (χ1n) is 9.16. The minimum Gasteiger partial charge on any atom is -0.491 e. The summed E-state index contributed by atoms with van der Waals surface area (Å²) in [7, 11) is 1.76. The van der Waals surface area contributed by atoms with Crippen molar-refractivity contribution >= 4 is 29.9 Å². The first kappa shape index (κ1) is 26.0. The molecule has 3 N–H and O–H groups in total. The number of hydrogen-bond acceptors (Lipinski definition) is 4. The highest BCUT2D eigenvalue weighted by molar-refractivity contribution is 14.0. The fourth-order valence-electron chi connectivity index (χ4n) is 2.52. The molecular weight excluding hydrogens is 514 g/mol. The number of aromatic nitrogens is 2. The van der Waals surface area contributed by atoms with Crippen LogP contribution >= 0.6 is 24.0 Å². The molecule has 0 radical (unpaired) electrons. The van der Waals surface area contributed by atoms with Crippen LogP contribution in [0.4, 0.5) is 13.2 Å². The molecule has 0 saturated heterocycles. The quantitative estimate of drug-likeness (QED) is 0.207. The van der Waals surface area contributed by atoms with Gasteiger partial charge in [0.25, 0.3) is 0 Å². The number of benzene rings is 1. The molecule has 0 spiro atoms. The van der Waals surface area contributed by atoms with Crippen LogP contribution in [0.15, 0.2) is 41.7 Å². The topological polar surface area (TPSA) is 83.7 Å². The van der Waals surface area contributed by atoms with E-state index >= 15 is 0 Å². The summed E-state index contributed by atoms with van der Waals surface area (Å²) < 4.78 is 45.8. The van der Waals surface area contributed by atoms with Gasteiger partial charge in [-0.25, -0.2) is 4.99 Å². The number of alkyl halides is 3. The Morgan fingerprint density at radius 1 is 1.27 bits per heavy atom. The van der Waals surface area contributed by atoms with Crippen LogP contribution in [0, 0.1) is 0 Å². The molecule has 2 aromatic rings. The molecule has 7 nitrogen and oxygen atoms in total. The Morgan fingerprint density at radius 3 is 2.57 bits per heavy atom. The van der Waals surface area contributed by atoms with Crippen LogP contribution in [0.2, 0.25) is 0 Å². The first-order valence-corrected chi connectivity index (χ1v) is 9.16. The Bertz CT molecular complexity index is 824. The zero-order valence-corrected chi connectivity index (χ0v) is 19.4. The lowest BCUT2D eigenvalue weighted by Gasteiger charge is -2.20. The second kappa shape index (κ2) is 11.4. The zero-order chi connectivity index (χ0) is 21.5. The van der Waals surface area contributed by atoms with Crippen molar-refractivity contribution < 1.29 is 23.0 Å². The monoisotopic (exact) mass is 541 g/mol. The van der Waals surface area contributed by atoms with Gasteiger partial charge in [0.1, 0.15) is 18.0 Å². The van der Waals surface area contributed by atoms with Crippen LogP contribution in [-0.4, -0.2) is 47.1 Å². The maximum Gasteiger partial charge on any atom is 0.419 e. The summed E-state index contributed by atoms with van der Waals surface area (Å²) in [6, 6.07) is 5.07. The number of aliphatic imine (C=N–C) groups is 1. The third-order valence-electron chi connectivity index (χ3n) is 4.06. The Morgan fingerprint density at radius 2 is 1.97 bits per heavy atom. The van der Waals surface area contributed by atoms with E-state index in [0.29, 0.717) is 18.1 Å². The zero-order valence-electron chi connectivity index (χ0n) is 17.0. The van der Waals surface area contributed by atoms with Crippen LogP contribution in [0.1, 0.15) is 25.0 Å². The van der Waals surface area contributed by atoms with E-state index in [0.717, 1.165) is 6.07 Å². The highest BCUT2D eigenvalue weighted by Crippen LogP contribution is 2.35. The lowest BCUT2D eigenvalue weighted by atomic mass is 10.0. The fourth-order valence-corrected chi connectivity index (χ4v) is 2.52. The molecule has 1 unspecified atom stereocenters. The maximum atomic E-state index is 13.0. The van der Waals surface area contributed by atoms with Gasteiger partial charge in [0.15, 0.2) is 5.96 Å². The Hall–Kier alpha value is -2.02. The van der Waals surface area contributed by atoms with Crippen molar-refractivity contribution in [2.24, 2.45) is 12.0 Å². The van der Waals surface area contributed by atoms with E-state index in [1.165, 1.54) is 18.2 Å². The van der Waals surface area contributed by atoms with E-state index in [1.807, 2.05) is 6.92 Å². The highest BCUT2D eigenvalue weighted by Gasteiger charge is 2.34. The van der Waals surface area contributed by atoms with Crippen LogP contribution < -0.4 is 15.4 Å². The van der Waals surface area contributed by atoms with Gasteiger partial charge in [-0.15, -0.1) is 24.0 Å². The van der Waals surface area contributed by atoms with Gasteiger partial charge < -0.3 is 20.5 Å². The summed E-state index contributed by atoms with van der Waals surface area (Å²) in [5.41, 5.74) is -1.39. The summed E-state index contributed by atoms with van der Waals surface area (Å²) in [5, 5.41) is 20.6. The van der Waals surface area contributed by atoms with E-state index in [4.69, 9.17) is 4.74 Å². The Kier molecular flexibility index (Phi) is 9.88. The van der Waals surface area contributed by atoms with E-state index in [1.54, 1.807) is 31.0 Å². The number of hydrogen-bond donors (Lipinski definition) is 3. The van der Waals surface area contributed by atoms with E-state index < -0.39 is 17.3 Å². The summed E-state index contributed by atoms with van der Waals surface area (Å²) in [5.74, 6) is 0.202. The Labute approximate surface area is 190 Å². The van der Waals surface area contributed by atoms with E-state index in [-0.39, 0.29) is 49.4 Å². The van der Waals surface area contributed by atoms with Crippen molar-refractivity contribution in [1.82, 2.24) is 20.4 Å². The van der Waals surface area contributed by atoms with Crippen LogP contribution in [-0.2, 0) is 18.8 Å². The molecule has 0 fully saturated rings. The molecule has 168 valence electrons. The lowest BCUT2D eigenvalue weighted by Crippen LogP contribution is -2.40. The third kappa shape index (κ3) is 7.67. The average Bonchev–Trinajstić information content (AvgIpc) is 3.10. The number of guanidine groups is 1. The molecule has 2 rings (SSSR count). The number of nitrogens with zero attached hydrogens (tertiary/aromatic N) is 3. The SMILES string of the molecule is CCNC(=NCC(C)(O)c1cnn(C)c1)NCCOc1ccccc1C(F)(F)F.I. The van der Waals surface area contributed by atoms with Crippen molar-refractivity contribution in [3.8, 4) is 5.75 Å². The number of aryl methyl sites for hydroxylation is 1. The minimum atomic E-state index is -4.47. The normalized spacial score (nSPS) is 13.9. The molecule has 0 aliphatic heterocycles. The van der Waals surface area contributed by atoms with Gasteiger partial charge in [-0.3, -0.25) is 4.68 Å². The molecule has 1 atom stereocenters. The highest BCUT2D eigenvalue weighted by atomic mass is 127. The van der Waals surface area contributed by atoms with Gasteiger partial charge in [0.2, 0.25) is 0 Å². The summed E-state index contributed by atoms with van der Waals surface area (Å²) in [6.45, 7) is 4.41. The number of nitrogens with one attached hydrogen (secondary N) is 2. The van der Waals surface area contributed by atoms with E-state index in [2.05, 4.69) is 20.7 Å². The average molecular weight is 541 g/mol. The molecule has 0 amide bonds. The molecule has 0 aliphatic rings. The first-order chi connectivity index (χ1) is 13.6. The summed E-state index contributed by atoms with van der Waals surface area (Å²) >= 11 is 0. The van der Waals surface area contributed by atoms with Gasteiger partial charge >= 0.3 is 6.18 Å². The van der Waals surface area contributed by atoms with Gasteiger partial charge in [-0.1, -0.05) is 12.1 Å². The van der Waals surface area contributed by atoms with Crippen molar-refractivity contribution in [2.75, 3.05) is 26.2 Å². The fraction of sp³-hybridized carbons (Fsp3) is 0.474. The second-order valence-corrected chi connectivity index (χ2v) is 6.64. The number of para-hydroxylation sites is 1. The summed E-state index contributed by atoms with van der Waals surface area (Å²) in [6.07, 6.45) is -1.19. The van der Waals surface area contributed by atoms with Gasteiger partial charge in [-0.2, -0.15) is 18.3 Å². The predicted molar refractivity (Wildman–Crippen MR) is 119 cm³/mol. The number of halogens is 4. The predicted octanol–water partition coefficient (Wildman–Crippen LogP) is 2.90. The largest absolute Gasteiger partial charge is 0.491 e. The van der Waals surface area contributed by atoms with Crippen LogP contribution in [0.3, 0.4) is 0 Å². The molecule has 1 heterocycles. The van der Waals surface area contributed by atoms with Crippen molar-refractivity contribution in [3.05, 3.63) is 47.8 Å². The third-order valence-corrected chi connectivity index (χ3v) is 4.06. The minimum absolute atomic E-state index is 0. The van der Waals surface area contributed by atoms with Crippen molar-refractivity contribution in [3.63, 3.8) is 0 Å². The van der Waals surface area contributed by atoms with E-state index in [9.17, 15) is 18.3 Å². The van der Waals surface area contributed by atoms with Crippen molar-refractivity contribution in [2.45, 2.75) is 25.6 Å². The number of ether oxygens (including phenoxy) is 1. The maximum absolute atomic E-state index is 13.0. The molecule has 0 bridgehead atoms. The van der Waals surface area contributed by atoms with Crippen LogP contribution in [0.25, 0.3) is 0 Å². The molecule has 30 heavy (non-hydrogen) atoms. The molecule has 1 aromatic carbocycles. The molecule has 0 aliphatic carbocycles. The van der Waals surface area contributed by atoms with Gasteiger partial charge in [-0.05, 0) is 26.0 Å². The molecule has 0 saturated carbocycles.